The lowest BCUT2D eigenvalue weighted by Crippen LogP contribution is -2.02. The van der Waals surface area contributed by atoms with Crippen LogP contribution < -0.4 is 11.1 Å². The monoisotopic (exact) mass is 347 g/mol. The first-order valence-corrected chi connectivity index (χ1v) is 8.77. The summed E-state index contributed by atoms with van der Waals surface area (Å²) in [5, 5.41) is 3.93. The van der Waals surface area contributed by atoms with E-state index in [0.717, 1.165) is 32.9 Å². The molecule has 6 heteroatoms. The van der Waals surface area contributed by atoms with E-state index < -0.39 is 0 Å². The topological polar surface area (TPSA) is 76.7 Å². The van der Waals surface area contributed by atoms with Gasteiger partial charge in [-0.15, -0.1) is 0 Å². The molecule has 0 unspecified atom stereocenters. The van der Waals surface area contributed by atoms with Crippen molar-refractivity contribution in [2.75, 3.05) is 11.1 Å². The molecule has 124 valence electrons. The van der Waals surface area contributed by atoms with E-state index in [-0.39, 0.29) is 0 Å². The van der Waals surface area contributed by atoms with Crippen molar-refractivity contribution >= 4 is 32.5 Å². The molecule has 0 radical (unpaired) electrons. The number of thiazole rings is 1. The van der Waals surface area contributed by atoms with Gasteiger partial charge in [0.25, 0.3) is 0 Å². The Morgan fingerprint density at radius 3 is 2.88 bits per heavy atom. The summed E-state index contributed by atoms with van der Waals surface area (Å²) in [4.78, 5) is 13.2. The summed E-state index contributed by atoms with van der Waals surface area (Å²) in [6.07, 6.45) is 3.52. The summed E-state index contributed by atoms with van der Waals surface area (Å²) in [6.45, 7) is 2.74. The maximum atomic E-state index is 5.76. The van der Waals surface area contributed by atoms with Crippen LogP contribution >= 0.6 is 11.3 Å². The molecule has 0 aliphatic rings. The van der Waals surface area contributed by atoms with Crippen molar-refractivity contribution in [2.24, 2.45) is 0 Å². The molecule has 0 atom stereocenters. The minimum Gasteiger partial charge on any atom is -0.375 e. The normalized spacial score (nSPS) is 10.9. The molecule has 0 saturated heterocycles. The number of nitrogens with one attached hydrogen (secondary N) is 1. The maximum Gasteiger partial charge on any atom is 0.181 e. The Hall–Kier alpha value is -2.99. The number of benzene rings is 2. The zero-order chi connectivity index (χ0) is 17.2. The van der Waals surface area contributed by atoms with Gasteiger partial charge in [0.1, 0.15) is 5.82 Å². The lowest BCUT2D eigenvalue weighted by atomic mass is 10.1. The number of nitrogen functional groups attached to an aromatic ring is 1. The quantitative estimate of drug-likeness (QED) is 0.577. The van der Waals surface area contributed by atoms with Gasteiger partial charge in [0.05, 0.1) is 28.3 Å². The van der Waals surface area contributed by atoms with E-state index in [2.05, 4.69) is 45.4 Å². The summed E-state index contributed by atoms with van der Waals surface area (Å²) in [7, 11) is 0. The van der Waals surface area contributed by atoms with Gasteiger partial charge >= 0.3 is 0 Å². The molecule has 25 heavy (non-hydrogen) atoms. The van der Waals surface area contributed by atoms with Gasteiger partial charge < -0.3 is 11.1 Å². The molecule has 0 aliphatic heterocycles. The second-order valence-corrected chi connectivity index (χ2v) is 6.93. The van der Waals surface area contributed by atoms with Crippen LogP contribution in [0.1, 0.15) is 11.1 Å². The van der Waals surface area contributed by atoms with Crippen molar-refractivity contribution in [3.63, 3.8) is 0 Å². The highest BCUT2D eigenvalue weighted by molar-refractivity contribution is 7.22. The molecular weight excluding hydrogens is 330 g/mol. The lowest BCUT2D eigenvalue weighted by Gasteiger charge is -2.08. The van der Waals surface area contributed by atoms with Crippen LogP contribution in [0.4, 0.5) is 10.9 Å². The third-order valence-electron chi connectivity index (χ3n) is 3.89. The minimum absolute atomic E-state index is 0.594. The van der Waals surface area contributed by atoms with Gasteiger partial charge in [-0.25, -0.2) is 9.97 Å². The zero-order valence-electron chi connectivity index (χ0n) is 13.7. The second kappa shape index (κ2) is 6.49. The van der Waals surface area contributed by atoms with Gasteiger partial charge in [-0.3, -0.25) is 4.98 Å². The van der Waals surface area contributed by atoms with Gasteiger partial charge in [-0.1, -0.05) is 41.2 Å². The average molecular weight is 347 g/mol. The Morgan fingerprint density at radius 2 is 2.00 bits per heavy atom. The summed E-state index contributed by atoms with van der Waals surface area (Å²) < 4.78 is 1.09. The molecule has 0 fully saturated rings. The van der Waals surface area contributed by atoms with E-state index in [9.17, 15) is 0 Å². The van der Waals surface area contributed by atoms with Crippen LogP contribution in [0.3, 0.4) is 0 Å². The maximum absolute atomic E-state index is 5.76. The summed E-state index contributed by atoms with van der Waals surface area (Å²) in [5.41, 5.74) is 11.0. The number of aromatic nitrogens is 3. The van der Waals surface area contributed by atoms with Gasteiger partial charge in [0.2, 0.25) is 0 Å². The van der Waals surface area contributed by atoms with E-state index in [1.165, 1.54) is 16.9 Å². The molecule has 2 heterocycles. The Labute approximate surface area is 149 Å². The van der Waals surface area contributed by atoms with Crippen molar-refractivity contribution in [3.8, 4) is 11.3 Å². The van der Waals surface area contributed by atoms with Crippen LogP contribution in [0, 0.1) is 6.92 Å². The highest BCUT2D eigenvalue weighted by Gasteiger charge is 2.05. The fourth-order valence-electron chi connectivity index (χ4n) is 2.68. The van der Waals surface area contributed by atoms with E-state index in [4.69, 9.17) is 5.73 Å². The summed E-state index contributed by atoms with van der Waals surface area (Å²) >= 11 is 1.50. The molecule has 2 aromatic carbocycles. The minimum atomic E-state index is 0.594. The third kappa shape index (κ3) is 3.44. The van der Waals surface area contributed by atoms with Gasteiger partial charge in [0, 0.05) is 12.1 Å². The molecule has 0 amide bonds. The number of hydrogen-bond acceptors (Lipinski definition) is 6. The molecule has 0 spiro atoms. The molecule has 0 saturated carbocycles. The zero-order valence-corrected chi connectivity index (χ0v) is 14.5. The van der Waals surface area contributed by atoms with Crippen LogP contribution in [0.25, 0.3) is 21.5 Å². The SMILES string of the molecule is Cc1cccc(-c2cncc(NCc3ccc4nc(N)sc4c3)n2)c1. The van der Waals surface area contributed by atoms with Crippen LogP contribution in [0.5, 0.6) is 0 Å². The molecular formula is C19H17N5S. The summed E-state index contributed by atoms with van der Waals surface area (Å²) in [5.74, 6) is 0.753. The highest BCUT2D eigenvalue weighted by Crippen LogP contribution is 2.25. The number of hydrogen-bond donors (Lipinski definition) is 2. The summed E-state index contributed by atoms with van der Waals surface area (Å²) in [6, 6.07) is 14.4. The Balaban J connectivity index is 1.53. The molecule has 0 aliphatic carbocycles. The Bertz CT molecular complexity index is 1040. The smallest absolute Gasteiger partial charge is 0.181 e. The van der Waals surface area contributed by atoms with E-state index in [1.807, 2.05) is 24.3 Å². The largest absolute Gasteiger partial charge is 0.375 e. The first-order chi connectivity index (χ1) is 12.2. The Kier molecular flexibility index (Phi) is 4.03. The number of rotatable bonds is 4. The van der Waals surface area contributed by atoms with Gasteiger partial charge in [0.15, 0.2) is 5.13 Å². The first-order valence-electron chi connectivity index (χ1n) is 7.95. The fraction of sp³-hybridized carbons (Fsp3) is 0.105. The highest BCUT2D eigenvalue weighted by atomic mass is 32.1. The van der Waals surface area contributed by atoms with E-state index in [1.54, 1.807) is 12.4 Å². The Morgan fingerprint density at radius 1 is 1.08 bits per heavy atom. The van der Waals surface area contributed by atoms with Crippen molar-refractivity contribution in [3.05, 3.63) is 66.0 Å². The van der Waals surface area contributed by atoms with Crippen LogP contribution in [0.15, 0.2) is 54.9 Å². The van der Waals surface area contributed by atoms with Gasteiger partial charge in [-0.2, -0.15) is 0 Å². The predicted octanol–water partition coefficient (Wildman–Crippen LogP) is 4.26. The predicted molar refractivity (Wildman–Crippen MR) is 104 cm³/mol. The van der Waals surface area contributed by atoms with Crippen LogP contribution in [0.2, 0.25) is 0 Å². The first kappa shape index (κ1) is 15.5. The molecule has 4 rings (SSSR count). The third-order valence-corrected chi connectivity index (χ3v) is 4.74. The van der Waals surface area contributed by atoms with Crippen LogP contribution in [-0.2, 0) is 6.54 Å². The van der Waals surface area contributed by atoms with Crippen molar-refractivity contribution in [1.29, 1.82) is 0 Å². The van der Waals surface area contributed by atoms with Gasteiger partial charge in [-0.05, 0) is 30.7 Å². The number of fused-ring (bicyclic) bond motifs is 1. The number of aryl methyl sites for hydroxylation is 1. The van der Waals surface area contributed by atoms with Crippen LogP contribution in [-0.4, -0.2) is 15.0 Å². The van der Waals surface area contributed by atoms with Crippen molar-refractivity contribution in [1.82, 2.24) is 15.0 Å². The lowest BCUT2D eigenvalue weighted by molar-refractivity contribution is 1.09. The average Bonchev–Trinajstić information content (AvgIpc) is 2.99. The van der Waals surface area contributed by atoms with E-state index in [0.29, 0.717) is 11.7 Å². The molecule has 4 aromatic rings. The fourth-order valence-corrected chi connectivity index (χ4v) is 3.48. The number of nitrogens with two attached hydrogens (primary N) is 1. The number of anilines is 2. The molecule has 3 N–H and O–H groups in total. The standard InChI is InChI=1S/C19H17N5S/c1-12-3-2-4-14(7-12)16-10-21-11-18(23-16)22-9-13-5-6-15-17(8-13)25-19(20)24-15/h2-8,10-11H,9H2,1H3,(H2,20,24)(H,22,23). The van der Waals surface area contributed by atoms with E-state index >= 15 is 0 Å². The van der Waals surface area contributed by atoms with Crippen molar-refractivity contribution in [2.45, 2.75) is 13.5 Å². The second-order valence-electron chi connectivity index (χ2n) is 5.87. The molecule has 0 bridgehead atoms. The molecule has 2 aromatic heterocycles. The number of nitrogens with zero attached hydrogens (tertiary/aromatic N) is 3. The van der Waals surface area contributed by atoms with Crippen molar-refractivity contribution < 1.29 is 0 Å². The molecule has 5 nitrogen and oxygen atoms in total.